The summed E-state index contributed by atoms with van der Waals surface area (Å²) < 4.78 is 6.99. The second kappa shape index (κ2) is 6.14. The molecular formula is C17H18INO. The summed E-state index contributed by atoms with van der Waals surface area (Å²) in [6.07, 6.45) is 2.23. The van der Waals surface area contributed by atoms with Gasteiger partial charge in [0.25, 0.3) is 0 Å². The highest BCUT2D eigenvalue weighted by molar-refractivity contribution is 14.1. The Morgan fingerprint density at radius 2 is 2.05 bits per heavy atom. The van der Waals surface area contributed by atoms with E-state index >= 15 is 0 Å². The minimum Gasteiger partial charge on any atom is -0.493 e. The zero-order valence-corrected chi connectivity index (χ0v) is 13.7. The Kier molecular flexibility index (Phi) is 4.27. The third-order valence-electron chi connectivity index (χ3n) is 3.77. The van der Waals surface area contributed by atoms with Crippen molar-refractivity contribution >= 4 is 22.6 Å². The first-order chi connectivity index (χ1) is 9.79. The number of halogens is 1. The summed E-state index contributed by atoms with van der Waals surface area (Å²) in [6.45, 7) is 0.846. The molecule has 0 amide bonds. The van der Waals surface area contributed by atoms with Crippen LogP contribution in [0.2, 0.25) is 0 Å². The van der Waals surface area contributed by atoms with Gasteiger partial charge in [0.15, 0.2) is 0 Å². The van der Waals surface area contributed by atoms with Crippen molar-refractivity contribution in [3.63, 3.8) is 0 Å². The van der Waals surface area contributed by atoms with Crippen molar-refractivity contribution in [2.75, 3.05) is 13.7 Å². The monoisotopic (exact) mass is 379 g/mol. The predicted octanol–water partition coefficient (Wildman–Crippen LogP) is 3.93. The van der Waals surface area contributed by atoms with Crippen LogP contribution in [0, 0.1) is 3.57 Å². The standard InChI is InChI=1S/C17H18INO/c1-19-17(14-6-2-3-7-15(14)18)13-8-9-16-12(11-13)5-4-10-20-16/h2-3,6-9,11,17,19H,4-5,10H2,1H3. The van der Waals surface area contributed by atoms with Crippen LogP contribution in [0.15, 0.2) is 42.5 Å². The van der Waals surface area contributed by atoms with Crippen molar-refractivity contribution in [1.29, 1.82) is 0 Å². The molecular weight excluding hydrogens is 361 g/mol. The van der Waals surface area contributed by atoms with Crippen molar-refractivity contribution in [1.82, 2.24) is 5.32 Å². The third kappa shape index (κ3) is 2.69. The zero-order valence-electron chi connectivity index (χ0n) is 11.5. The minimum absolute atomic E-state index is 0.232. The van der Waals surface area contributed by atoms with Gasteiger partial charge in [0.2, 0.25) is 0 Å². The fourth-order valence-electron chi connectivity index (χ4n) is 2.77. The molecule has 0 aliphatic carbocycles. The predicted molar refractivity (Wildman–Crippen MR) is 90.3 cm³/mol. The first kappa shape index (κ1) is 13.9. The summed E-state index contributed by atoms with van der Waals surface area (Å²) in [5.74, 6) is 1.05. The third-order valence-corrected chi connectivity index (χ3v) is 4.75. The van der Waals surface area contributed by atoms with Gasteiger partial charge >= 0.3 is 0 Å². The molecule has 1 aliphatic rings. The summed E-state index contributed by atoms with van der Waals surface area (Å²) in [6, 6.07) is 15.3. The van der Waals surface area contributed by atoms with E-state index in [-0.39, 0.29) is 6.04 Å². The van der Waals surface area contributed by atoms with Crippen LogP contribution in [-0.4, -0.2) is 13.7 Å². The number of hydrogen-bond donors (Lipinski definition) is 1. The number of hydrogen-bond acceptors (Lipinski definition) is 2. The van der Waals surface area contributed by atoms with Crippen LogP contribution in [0.3, 0.4) is 0 Å². The topological polar surface area (TPSA) is 21.3 Å². The first-order valence-electron chi connectivity index (χ1n) is 6.97. The molecule has 0 saturated heterocycles. The van der Waals surface area contributed by atoms with Crippen LogP contribution in [0.5, 0.6) is 5.75 Å². The Morgan fingerprint density at radius 3 is 2.85 bits per heavy atom. The highest BCUT2D eigenvalue weighted by Gasteiger charge is 2.17. The van der Waals surface area contributed by atoms with Gasteiger partial charge in [0, 0.05) is 3.57 Å². The Hall–Kier alpha value is -1.07. The second-order valence-corrected chi connectivity index (χ2v) is 6.22. The maximum absolute atomic E-state index is 5.70. The lowest BCUT2D eigenvalue weighted by atomic mass is 9.95. The average molecular weight is 379 g/mol. The molecule has 1 heterocycles. The SMILES string of the molecule is CNC(c1ccc2c(c1)CCCO2)c1ccccc1I. The van der Waals surface area contributed by atoms with Crippen LogP contribution in [-0.2, 0) is 6.42 Å². The van der Waals surface area contributed by atoms with E-state index in [1.807, 2.05) is 7.05 Å². The van der Waals surface area contributed by atoms with Gasteiger partial charge in [-0.2, -0.15) is 0 Å². The molecule has 0 radical (unpaired) electrons. The lowest BCUT2D eigenvalue weighted by Gasteiger charge is -2.22. The van der Waals surface area contributed by atoms with Crippen molar-refractivity contribution < 1.29 is 4.74 Å². The fraction of sp³-hybridized carbons (Fsp3) is 0.294. The molecule has 2 aromatic rings. The summed E-state index contributed by atoms with van der Waals surface area (Å²) in [7, 11) is 2.02. The number of nitrogens with one attached hydrogen (secondary N) is 1. The molecule has 104 valence electrons. The lowest BCUT2D eigenvalue weighted by molar-refractivity contribution is 0.288. The summed E-state index contributed by atoms with van der Waals surface area (Å²) in [5.41, 5.74) is 3.97. The number of benzene rings is 2. The quantitative estimate of drug-likeness (QED) is 0.817. The molecule has 1 aliphatic heterocycles. The van der Waals surface area contributed by atoms with E-state index in [1.165, 1.54) is 20.3 Å². The molecule has 0 fully saturated rings. The highest BCUT2D eigenvalue weighted by atomic mass is 127. The average Bonchev–Trinajstić information content (AvgIpc) is 2.50. The van der Waals surface area contributed by atoms with Crippen LogP contribution in [0.1, 0.15) is 29.2 Å². The lowest BCUT2D eigenvalue weighted by Crippen LogP contribution is -2.19. The van der Waals surface area contributed by atoms with Gasteiger partial charge in [0.1, 0.15) is 5.75 Å². The molecule has 0 bridgehead atoms. The van der Waals surface area contributed by atoms with Gasteiger partial charge in [-0.1, -0.05) is 30.3 Å². The molecule has 1 unspecified atom stereocenters. The molecule has 3 rings (SSSR count). The molecule has 1 N–H and O–H groups in total. The largest absolute Gasteiger partial charge is 0.493 e. The van der Waals surface area contributed by atoms with E-state index in [1.54, 1.807) is 0 Å². The Bertz CT molecular complexity index is 612. The Labute approximate surface area is 133 Å². The Morgan fingerprint density at radius 1 is 1.20 bits per heavy atom. The van der Waals surface area contributed by atoms with Gasteiger partial charge in [0.05, 0.1) is 12.6 Å². The molecule has 1 atom stereocenters. The molecule has 0 spiro atoms. The summed E-state index contributed by atoms with van der Waals surface area (Å²) in [4.78, 5) is 0. The second-order valence-electron chi connectivity index (χ2n) is 5.06. The Balaban J connectivity index is 1.99. The van der Waals surface area contributed by atoms with Crippen molar-refractivity contribution in [3.05, 3.63) is 62.7 Å². The van der Waals surface area contributed by atoms with Gasteiger partial charge in [-0.3, -0.25) is 0 Å². The van der Waals surface area contributed by atoms with E-state index in [9.17, 15) is 0 Å². The number of rotatable bonds is 3. The van der Waals surface area contributed by atoms with E-state index in [0.29, 0.717) is 0 Å². The summed E-state index contributed by atoms with van der Waals surface area (Å²) in [5, 5.41) is 3.44. The van der Waals surface area contributed by atoms with Crippen LogP contribution in [0.25, 0.3) is 0 Å². The van der Waals surface area contributed by atoms with Crippen molar-refractivity contribution in [2.45, 2.75) is 18.9 Å². The van der Waals surface area contributed by atoms with Crippen molar-refractivity contribution in [2.24, 2.45) is 0 Å². The first-order valence-corrected chi connectivity index (χ1v) is 8.05. The smallest absolute Gasteiger partial charge is 0.122 e. The maximum atomic E-state index is 5.70. The van der Waals surface area contributed by atoms with E-state index in [2.05, 4.69) is 70.4 Å². The number of ether oxygens (including phenoxy) is 1. The van der Waals surface area contributed by atoms with Crippen LogP contribution < -0.4 is 10.1 Å². The number of aryl methyl sites for hydroxylation is 1. The van der Waals surface area contributed by atoms with E-state index in [4.69, 9.17) is 4.74 Å². The molecule has 20 heavy (non-hydrogen) atoms. The minimum atomic E-state index is 0.232. The normalized spacial score (nSPS) is 15.3. The molecule has 0 aromatic heterocycles. The van der Waals surface area contributed by atoms with E-state index in [0.717, 1.165) is 25.2 Å². The van der Waals surface area contributed by atoms with Gasteiger partial charge < -0.3 is 10.1 Å². The number of fused-ring (bicyclic) bond motifs is 1. The van der Waals surface area contributed by atoms with E-state index < -0.39 is 0 Å². The molecule has 2 aromatic carbocycles. The van der Waals surface area contributed by atoms with Crippen LogP contribution in [0.4, 0.5) is 0 Å². The van der Waals surface area contributed by atoms with Crippen LogP contribution >= 0.6 is 22.6 Å². The maximum Gasteiger partial charge on any atom is 0.122 e. The van der Waals surface area contributed by atoms with Crippen molar-refractivity contribution in [3.8, 4) is 5.75 Å². The van der Waals surface area contributed by atoms with Gasteiger partial charge in [-0.25, -0.2) is 0 Å². The highest BCUT2D eigenvalue weighted by Crippen LogP contribution is 2.31. The molecule has 0 saturated carbocycles. The summed E-state index contributed by atoms with van der Waals surface area (Å²) >= 11 is 2.40. The van der Waals surface area contributed by atoms with Gasteiger partial charge in [-0.15, -0.1) is 0 Å². The molecule has 3 heteroatoms. The molecule has 2 nitrogen and oxygen atoms in total. The zero-order chi connectivity index (χ0) is 13.9. The fourth-order valence-corrected chi connectivity index (χ4v) is 3.47. The van der Waals surface area contributed by atoms with Gasteiger partial charge in [-0.05, 0) is 71.3 Å².